The zero-order chi connectivity index (χ0) is 16.9. The molecule has 0 fully saturated rings. The zero-order valence-corrected chi connectivity index (χ0v) is 11.0. The van der Waals surface area contributed by atoms with Gasteiger partial charge in [0.25, 0.3) is 0 Å². The molecular formula is C15H12O7. The molecule has 2 unspecified atom stereocenters. The Morgan fingerprint density at radius 2 is 1.73 bits per heavy atom. The fraction of sp³-hybridized carbons (Fsp3) is 0.133. The predicted molar refractivity (Wildman–Crippen MR) is 73.2 cm³/mol. The average Bonchev–Trinajstić information content (AvgIpc) is 2.45. The lowest BCUT2D eigenvalue weighted by atomic mass is 9.92. The van der Waals surface area contributed by atoms with E-state index in [0.29, 0.717) is 0 Å². The van der Waals surface area contributed by atoms with Gasteiger partial charge in [0, 0.05) is 12.1 Å². The van der Waals surface area contributed by atoms with E-state index in [0.717, 1.165) is 24.3 Å². The number of phenols is 4. The molecular weight excluding hydrogens is 292 g/mol. The molecule has 0 amide bonds. The third-order valence-electron chi connectivity index (χ3n) is 3.32. The number of ketones is 1. The van der Waals surface area contributed by atoms with Crippen LogP contribution in [0.4, 0.5) is 0 Å². The third-order valence-corrected chi connectivity index (χ3v) is 3.32. The molecule has 0 aromatic heterocycles. The molecule has 1 aliphatic heterocycles. The third kappa shape index (κ3) is 2.08. The van der Waals surface area contributed by atoms with Crippen LogP contribution >= 0.6 is 0 Å². The van der Waals surface area contributed by atoms with Crippen molar-refractivity contribution in [2.24, 2.45) is 0 Å². The number of hydrogen-bond acceptors (Lipinski definition) is 7. The summed E-state index contributed by atoms with van der Waals surface area (Å²) >= 11 is 0. The number of carbonyl (C=O) groups is 1. The van der Waals surface area contributed by atoms with Gasteiger partial charge in [0.15, 0.2) is 23.7 Å². The number of phenolic OH excluding ortho intramolecular Hbond substituents is 4. The van der Waals surface area contributed by atoms with Crippen LogP contribution in [0.15, 0.2) is 30.3 Å². The minimum Gasteiger partial charge on any atom is -0.508 e. The van der Waals surface area contributed by atoms with Gasteiger partial charge in [-0.25, -0.2) is 0 Å². The monoisotopic (exact) mass is 305 g/mol. The summed E-state index contributed by atoms with van der Waals surface area (Å²) in [5.74, 6) is -3.24. The number of ether oxygens (including phenoxy) is 1. The van der Waals surface area contributed by atoms with Crippen LogP contribution in [-0.4, -0.2) is 37.4 Å². The standard InChI is InChI=1S/C15H12O7/c16-7-4-10(19)12-11(5-7)22-15(14(21)13(12)20)6-1-2-8(17)9(18)3-6/h1-5,14-19,21H/i14D. The molecule has 0 bridgehead atoms. The van der Waals surface area contributed by atoms with Crippen LogP contribution in [0, 0.1) is 0 Å². The lowest BCUT2D eigenvalue weighted by molar-refractivity contribution is 0.0210. The van der Waals surface area contributed by atoms with E-state index in [1.807, 2.05) is 0 Å². The van der Waals surface area contributed by atoms with Crippen LogP contribution in [0.3, 0.4) is 0 Å². The number of hydrogen-bond donors (Lipinski definition) is 5. The summed E-state index contributed by atoms with van der Waals surface area (Å²) in [6.07, 6.45) is -4.31. The van der Waals surface area contributed by atoms with E-state index >= 15 is 0 Å². The van der Waals surface area contributed by atoms with Crippen molar-refractivity contribution in [3.8, 4) is 28.7 Å². The Balaban J connectivity index is 2.16. The van der Waals surface area contributed by atoms with Gasteiger partial charge in [0.1, 0.15) is 22.8 Å². The van der Waals surface area contributed by atoms with Gasteiger partial charge in [-0.2, -0.15) is 0 Å². The summed E-state index contributed by atoms with van der Waals surface area (Å²) in [6.45, 7) is 0. The molecule has 5 N–H and O–H groups in total. The molecule has 2 aromatic carbocycles. The Hall–Kier alpha value is -2.93. The predicted octanol–water partition coefficient (Wildman–Crippen LogP) is 1.19. The largest absolute Gasteiger partial charge is 0.508 e. The Morgan fingerprint density at radius 3 is 2.41 bits per heavy atom. The van der Waals surface area contributed by atoms with Crippen molar-refractivity contribution >= 4 is 5.78 Å². The van der Waals surface area contributed by atoms with E-state index in [9.17, 15) is 30.3 Å². The first kappa shape index (κ1) is 12.8. The lowest BCUT2D eigenvalue weighted by Gasteiger charge is -2.30. The Kier molecular flexibility index (Phi) is 2.80. The van der Waals surface area contributed by atoms with Crippen LogP contribution in [0.25, 0.3) is 0 Å². The summed E-state index contributed by atoms with van der Waals surface area (Å²) in [4.78, 5) is 12.3. The van der Waals surface area contributed by atoms with Crippen molar-refractivity contribution in [3.05, 3.63) is 41.5 Å². The summed E-state index contributed by atoms with van der Waals surface area (Å²) in [5, 5.41) is 48.3. The van der Waals surface area contributed by atoms with Gasteiger partial charge < -0.3 is 30.3 Å². The Bertz CT molecular complexity index is 816. The number of fused-ring (bicyclic) bond motifs is 1. The molecule has 114 valence electrons. The first-order valence-electron chi connectivity index (χ1n) is 6.73. The fourth-order valence-electron chi connectivity index (χ4n) is 2.27. The second kappa shape index (κ2) is 4.81. The van der Waals surface area contributed by atoms with Crippen molar-refractivity contribution in [2.75, 3.05) is 0 Å². The van der Waals surface area contributed by atoms with Crippen molar-refractivity contribution in [2.45, 2.75) is 12.2 Å². The number of aliphatic hydroxyl groups is 1. The van der Waals surface area contributed by atoms with E-state index in [4.69, 9.17) is 6.11 Å². The molecule has 22 heavy (non-hydrogen) atoms. The van der Waals surface area contributed by atoms with Crippen LogP contribution < -0.4 is 4.74 Å². The van der Waals surface area contributed by atoms with Gasteiger partial charge >= 0.3 is 0 Å². The molecule has 0 saturated heterocycles. The van der Waals surface area contributed by atoms with E-state index in [2.05, 4.69) is 0 Å². The number of carbonyl (C=O) groups excluding carboxylic acids is 1. The summed E-state index contributed by atoms with van der Waals surface area (Å²) in [5.41, 5.74) is -0.362. The minimum atomic E-state index is -2.77. The summed E-state index contributed by atoms with van der Waals surface area (Å²) in [7, 11) is 0. The van der Waals surface area contributed by atoms with Gasteiger partial charge in [-0.15, -0.1) is 0 Å². The molecule has 7 heteroatoms. The number of Topliss-reactive ketones (excluding diaryl/α,β-unsaturated/α-hetero) is 1. The molecule has 0 saturated carbocycles. The lowest BCUT2D eigenvalue weighted by Crippen LogP contribution is -2.36. The number of rotatable bonds is 1. The van der Waals surface area contributed by atoms with Gasteiger partial charge in [-0.3, -0.25) is 4.79 Å². The first-order chi connectivity index (χ1) is 10.7. The molecule has 1 aliphatic rings. The highest BCUT2D eigenvalue weighted by molar-refractivity contribution is 6.05. The topological polar surface area (TPSA) is 127 Å². The van der Waals surface area contributed by atoms with E-state index in [1.165, 1.54) is 6.07 Å². The molecule has 7 nitrogen and oxygen atoms in total. The van der Waals surface area contributed by atoms with Gasteiger partial charge in [-0.05, 0) is 17.7 Å². The smallest absolute Gasteiger partial charge is 0.202 e. The summed E-state index contributed by atoms with van der Waals surface area (Å²) < 4.78 is 13.3. The zero-order valence-electron chi connectivity index (χ0n) is 12.0. The van der Waals surface area contributed by atoms with Gasteiger partial charge in [0.05, 0.1) is 1.37 Å². The van der Waals surface area contributed by atoms with Gasteiger partial charge in [0.2, 0.25) is 5.78 Å². The van der Waals surface area contributed by atoms with Gasteiger partial charge in [-0.1, -0.05) is 6.07 Å². The van der Waals surface area contributed by atoms with Crippen LogP contribution in [0.5, 0.6) is 28.7 Å². The number of benzene rings is 2. The van der Waals surface area contributed by atoms with Crippen molar-refractivity contribution in [3.63, 3.8) is 0 Å². The van der Waals surface area contributed by atoms with Crippen LogP contribution in [-0.2, 0) is 0 Å². The molecule has 2 atom stereocenters. The maximum Gasteiger partial charge on any atom is 0.202 e. The molecule has 0 aliphatic carbocycles. The summed E-state index contributed by atoms with van der Waals surface area (Å²) in [6, 6.07) is 5.38. The molecule has 1 heterocycles. The maximum absolute atomic E-state index is 12.3. The maximum atomic E-state index is 12.3. The second-order valence-electron chi connectivity index (χ2n) is 4.80. The fourth-order valence-corrected chi connectivity index (χ4v) is 2.27. The Labute approximate surface area is 125 Å². The highest BCUT2D eigenvalue weighted by atomic mass is 16.5. The van der Waals surface area contributed by atoms with Crippen LogP contribution in [0.1, 0.15) is 23.4 Å². The van der Waals surface area contributed by atoms with E-state index < -0.39 is 40.8 Å². The van der Waals surface area contributed by atoms with Crippen molar-refractivity contribution in [1.82, 2.24) is 0 Å². The molecule has 2 aromatic rings. The SMILES string of the molecule is [2H]C1(O)C(=O)c2c(O)cc(O)cc2OC1c1ccc(O)c(O)c1. The normalized spacial score (nSPS) is 24.3. The average molecular weight is 305 g/mol. The highest BCUT2D eigenvalue weighted by Gasteiger charge is 2.39. The van der Waals surface area contributed by atoms with E-state index in [-0.39, 0.29) is 17.1 Å². The first-order valence-corrected chi connectivity index (χ1v) is 6.23. The second-order valence-corrected chi connectivity index (χ2v) is 4.80. The van der Waals surface area contributed by atoms with E-state index in [1.54, 1.807) is 0 Å². The molecule has 0 spiro atoms. The van der Waals surface area contributed by atoms with Crippen LogP contribution in [0.2, 0.25) is 0 Å². The quantitative estimate of drug-likeness (QED) is 0.501. The minimum absolute atomic E-state index is 0.0552. The van der Waals surface area contributed by atoms with Crippen molar-refractivity contribution < 1.29 is 36.4 Å². The highest BCUT2D eigenvalue weighted by Crippen LogP contribution is 2.42. The molecule has 3 rings (SSSR count). The van der Waals surface area contributed by atoms with Crippen molar-refractivity contribution in [1.29, 1.82) is 0 Å². The number of aromatic hydroxyl groups is 4. The Morgan fingerprint density at radius 1 is 1.00 bits per heavy atom. The molecule has 0 radical (unpaired) electrons.